The lowest BCUT2D eigenvalue weighted by molar-refractivity contribution is 0.101. The molecule has 0 unspecified atom stereocenters. The number of Topliss-reactive ketones (excluding diaryl/α,β-unsaturated/α-hetero) is 1. The van der Waals surface area contributed by atoms with E-state index in [0.29, 0.717) is 16.0 Å². The van der Waals surface area contributed by atoms with Gasteiger partial charge < -0.3 is 4.42 Å². The number of hydrogen-bond donors (Lipinski definition) is 0. The number of rotatable bonds is 1. The van der Waals surface area contributed by atoms with Crippen molar-refractivity contribution in [1.29, 1.82) is 0 Å². The van der Waals surface area contributed by atoms with E-state index >= 15 is 0 Å². The lowest BCUT2D eigenvalue weighted by atomic mass is 10.1. The first-order valence-corrected chi connectivity index (χ1v) is 4.70. The van der Waals surface area contributed by atoms with Gasteiger partial charge in [-0.25, -0.2) is 4.79 Å². The molecule has 0 aliphatic carbocycles. The summed E-state index contributed by atoms with van der Waals surface area (Å²) in [5, 5.41) is 1.01. The maximum Gasteiger partial charge on any atom is 0.347 e. The molecule has 0 spiro atoms. The van der Waals surface area contributed by atoms with Crippen LogP contribution in [0.2, 0.25) is 5.02 Å². The molecule has 0 atom stereocenters. The van der Waals surface area contributed by atoms with Gasteiger partial charge in [-0.2, -0.15) is 0 Å². The van der Waals surface area contributed by atoms with Crippen LogP contribution in [0.25, 0.3) is 11.0 Å². The maximum atomic E-state index is 11.4. The molecule has 0 aliphatic heterocycles. The van der Waals surface area contributed by atoms with Crippen LogP contribution in [0.5, 0.6) is 0 Å². The normalized spacial score (nSPS) is 10.5. The highest BCUT2D eigenvalue weighted by molar-refractivity contribution is 6.34. The Morgan fingerprint density at radius 3 is 2.80 bits per heavy atom. The van der Waals surface area contributed by atoms with Crippen LogP contribution in [-0.4, -0.2) is 5.78 Å². The Morgan fingerprint density at radius 2 is 2.13 bits per heavy atom. The molecule has 0 saturated heterocycles. The van der Waals surface area contributed by atoms with Gasteiger partial charge in [-0.1, -0.05) is 23.7 Å². The third-order valence-electron chi connectivity index (χ3n) is 2.09. The van der Waals surface area contributed by atoms with Crippen LogP contribution in [0.1, 0.15) is 17.3 Å². The smallest absolute Gasteiger partial charge is 0.347 e. The van der Waals surface area contributed by atoms with E-state index in [2.05, 4.69) is 0 Å². The number of hydrogen-bond acceptors (Lipinski definition) is 3. The van der Waals surface area contributed by atoms with Gasteiger partial charge in [-0.05, 0) is 19.1 Å². The molecule has 15 heavy (non-hydrogen) atoms. The van der Waals surface area contributed by atoms with E-state index in [1.54, 1.807) is 18.2 Å². The van der Waals surface area contributed by atoms with Crippen LogP contribution in [0.4, 0.5) is 0 Å². The third-order valence-corrected chi connectivity index (χ3v) is 2.39. The number of fused-ring (bicyclic) bond motifs is 1. The molecular weight excluding hydrogens is 216 g/mol. The molecule has 76 valence electrons. The summed E-state index contributed by atoms with van der Waals surface area (Å²) >= 11 is 5.84. The van der Waals surface area contributed by atoms with Crippen LogP contribution in [-0.2, 0) is 0 Å². The highest BCUT2D eigenvalue weighted by Gasteiger charge is 2.10. The molecule has 0 amide bonds. The molecule has 4 heteroatoms. The number of halogens is 1. The van der Waals surface area contributed by atoms with Crippen molar-refractivity contribution in [3.63, 3.8) is 0 Å². The van der Waals surface area contributed by atoms with Crippen molar-refractivity contribution >= 4 is 28.4 Å². The summed E-state index contributed by atoms with van der Waals surface area (Å²) in [6.45, 7) is 1.32. The van der Waals surface area contributed by atoms with Gasteiger partial charge in [0, 0.05) is 5.39 Å². The summed E-state index contributed by atoms with van der Waals surface area (Å²) in [5.74, 6) is -0.314. The van der Waals surface area contributed by atoms with Crippen molar-refractivity contribution in [2.45, 2.75) is 6.92 Å². The van der Waals surface area contributed by atoms with Gasteiger partial charge in [-0.3, -0.25) is 4.79 Å². The predicted octanol–water partition coefficient (Wildman–Crippen LogP) is 2.65. The largest absolute Gasteiger partial charge is 0.421 e. The van der Waals surface area contributed by atoms with Crippen molar-refractivity contribution in [3.05, 3.63) is 45.3 Å². The van der Waals surface area contributed by atoms with Gasteiger partial charge in [0.1, 0.15) is 5.56 Å². The first-order valence-electron chi connectivity index (χ1n) is 4.33. The minimum absolute atomic E-state index is 0.0461. The van der Waals surface area contributed by atoms with Crippen LogP contribution < -0.4 is 5.63 Å². The summed E-state index contributed by atoms with van der Waals surface area (Å²) in [6, 6.07) is 6.58. The number of benzene rings is 1. The topological polar surface area (TPSA) is 47.3 Å². The van der Waals surface area contributed by atoms with Crippen molar-refractivity contribution in [1.82, 2.24) is 0 Å². The fourth-order valence-corrected chi connectivity index (χ4v) is 1.57. The Hall–Kier alpha value is -1.61. The zero-order valence-corrected chi connectivity index (χ0v) is 8.67. The molecule has 0 aliphatic rings. The Labute approximate surface area is 90.3 Å². The molecule has 3 nitrogen and oxygen atoms in total. The average Bonchev–Trinajstić information content (AvgIpc) is 2.18. The van der Waals surface area contributed by atoms with Crippen LogP contribution in [0.3, 0.4) is 0 Å². The van der Waals surface area contributed by atoms with Crippen molar-refractivity contribution < 1.29 is 9.21 Å². The zero-order valence-electron chi connectivity index (χ0n) is 7.91. The molecule has 0 bridgehead atoms. The predicted molar refractivity (Wildman–Crippen MR) is 57.5 cm³/mol. The molecule has 0 radical (unpaired) electrons. The average molecular weight is 223 g/mol. The van der Waals surface area contributed by atoms with Crippen LogP contribution in [0, 0.1) is 0 Å². The summed E-state index contributed by atoms with van der Waals surface area (Å²) in [5.41, 5.74) is -0.290. The maximum absolute atomic E-state index is 11.4. The Bertz CT molecular complexity index is 598. The molecule has 0 fully saturated rings. The molecule has 1 aromatic heterocycles. The van der Waals surface area contributed by atoms with Gasteiger partial charge in [-0.15, -0.1) is 0 Å². The van der Waals surface area contributed by atoms with E-state index in [1.165, 1.54) is 13.0 Å². The molecule has 1 aromatic carbocycles. The first kappa shape index (κ1) is 9.93. The van der Waals surface area contributed by atoms with E-state index in [1.807, 2.05) is 0 Å². The standard InChI is InChI=1S/C11H7ClO3/c1-6(13)8-5-7-3-2-4-9(12)10(7)15-11(8)14/h2-5H,1H3. The van der Waals surface area contributed by atoms with Gasteiger partial charge >= 0.3 is 5.63 Å². The number of carbonyl (C=O) groups excluding carboxylic acids is 1. The van der Waals surface area contributed by atoms with Crippen molar-refractivity contribution in [2.24, 2.45) is 0 Å². The summed E-state index contributed by atoms with van der Waals surface area (Å²) in [6.07, 6.45) is 0. The van der Waals surface area contributed by atoms with E-state index in [4.69, 9.17) is 16.0 Å². The lowest BCUT2D eigenvalue weighted by Crippen LogP contribution is -2.10. The summed E-state index contributed by atoms with van der Waals surface area (Å²) in [7, 11) is 0. The molecule has 0 saturated carbocycles. The van der Waals surface area contributed by atoms with Crippen LogP contribution in [0.15, 0.2) is 33.5 Å². The van der Waals surface area contributed by atoms with Gasteiger partial charge in [0.2, 0.25) is 0 Å². The molecule has 1 heterocycles. The highest BCUT2D eigenvalue weighted by atomic mass is 35.5. The second-order valence-electron chi connectivity index (χ2n) is 3.16. The Balaban J connectivity index is 2.88. The lowest BCUT2D eigenvalue weighted by Gasteiger charge is -1.99. The second kappa shape index (κ2) is 3.51. The number of ketones is 1. The van der Waals surface area contributed by atoms with E-state index in [-0.39, 0.29) is 11.3 Å². The second-order valence-corrected chi connectivity index (χ2v) is 3.57. The quantitative estimate of drug-likeness (QED) is 0.551. The number of carbonyl (C=O) groups is 1. The molecule has 0 N–H and O–H groups in total. The fraction of sp³-hybridized carbons (Fsp3) is 0.0909. The fourth-order valence-electron chi connectivity index (χ4n) is 1.35. The van der Waals surface area contributed by atoms with Gasteiger partial charge in [0.25, 0.3) is 0 Å². The first-order chi connectivity index (χ1) is 7.09. The summed E-state index contributed by atoms with van der Waals surface area (Å²) in [4.78, 5) is 22.5. The Morgan fingerprint density at radius 1 is 1.40 bits per heavy atom. The van der Waals surface area contributed by atoms with Crippen LogP contribution >= 0.6 is 11.6 Å². The minimum Gasteiger partial charge on any atom is -0.421 e. The SMILES string of the molecule is CC(=O)c1cc2cccc(Cl)c2oc1=O. The van der Waals surface area contributed by atoms with Crippen molar-refractivity contribution in [3.8, 4) is 0 Å². The minimum atomic E-state index is -0.650. The Kier molecular flexibility index (Phi) is 2.32. The van der Waals surface area contributed by atoms with E-state index in [0.717, 1.165) is 0 Å². The van der Waals surface area contributed by atoms with E-state index in [9.17, 15) is 9.59 Å². The molecule has 2 aromatic rings. The molecular formula is C11H7ClO3. The van der Waals surface area contributed by atoms with Crippen molar-refractivity contribution in [2.75, 3.05) is 0 Å². The monoisotopic (exact) mass is 222 g/mol. The highest BCUT2D eigenvalue weighted by Crippen LogP contribution is 2.22. The van der Waals surface area contributed by atoms with Gasteiger partial charge in [0.15, 0.2) is 11.4 Å². The third kappa shape index (κ3) is 1.66. The zero-order chi connectivity index (χ0) is 11.0. The summed E-state index contributed by atoms with van der Waals surface area (Å²) < 4.78 is 4.98. The number of para-hydroxylation sites is 1. The van der Waals surface area contributed by atoms with Gasteiger partial charge in [0.05, 0.1) is 5.02 Å². The van der Waals surface area contributed by atoms with E-state index < -0.39 is 5.63 Å². The molecule has 2 rings (SSSR count).